The zero-order chi connectivity index (χ0) is 23.6. The molecule has 1 aliphatic rings. The average Bonchev–Trinajstić information content (AvgIpc) is 2.83. The van der Waals surface area contributed by atoms with Gasteiger partial charge in [-0.1, -0.05) is 12.1 Å². The predicted molar refractivity (Wildman–Crippen MR) is 117 cm³/mol. The van der Waals surface area contributed by atoms with Gasteiger partial charge in [0.15, 0.2) is 0 Å². The maximum Gasteiger partial charge on any atom is 0.418 e. The summed E-state index contributed by atoms with van der Waals surface area (Å²) in [6.45, 7) is 1.55. The monoisotopic (exact) mass is 457 g/mol. The van der Waals surface area contributed by atoms with Gasteiger partial charge in [-0.2, -0.15) is 13.2 Å². The lowest BCUT2D eigenvalue weighted by atomic mass is 10.0. The Hall–Kier alpha value is -3.66. The number of piperazine rings is 1. The Balaban J connectivity index is 1.69. The van der Waals surface area contributed by atoms with E-state index in [4.69, 9.17) is 10.5 Å². The molecule has 4 rings (SSSR count). The zero-order valence-electron chi connectivity index (χ0n) is 17.8. The highest BCUT2D eigenvalue weighted by molar-refractivity contribution is 6.11. The summed E-state index contributed by atoms with van der Waals surface area (Å²) in [4.78, 5) is 22.8. The molecular weight excluding hydrogens is 435 g/mol. The number of benzene rings is 1. The second kappa shape index (κ2) is 9.07. The van der Waals surface area contributed by atoms with Crippen LogP contribution in [0.15, 0.2) is 54.7 Å². The molecule has 0 bridgehead atoms. The van der Waals surface area contributed by atoms with Crippen LogP contribution in [0.25, 0.3) is 0 Å². The number of anilines is 2. The van der Waals surface area contributed by atoms with Crippen molar-refractivity contribution >= 4 is 17.4 Å². The maximum absolute atomic E-state index is 13.7. The van der Waals surface area contributed by atoms with Crippen molar-refractivity contribution < 1.29 is 22.7 Å². The highest BCUT2D eigenvalue weighted by Gasteiger charge is 2.37. The Labute approximate surface area is 188 Å². The number of nitrogen functional groups attached to an aromatic ring is 1. The van der Waals surface area contributed by atoms with Crippen LogP contribution in [0, 0.1) is 0 Å². The van der Waals surface area contributed by atoms with E-state index in [9.17, 15) is 18.0 Å². The van der Waals surface area contributed by atoms with Crippen molar-refractivity contribution in [3.63, 3.8) is 0 Å². The first kappa shape index (κ1) is 22.5. The Morgan fingerprint density at radius 2 is 2.03 bits per heavy atom. The molecule has 0 amide bonds. The molecule has 7 nitrogen and oxygen atoms in total. The zero-order valence-corrected chi connectivity index (χ0v) is 17.8. The van der Waals surface area contributed by atoms with Gasteiger partial charge < -0.3 is 20.7 Å². The van der Waals surface area contributed by atoms with Gasteiger partial charge in [-0.3, -0.25) is 4.79 Å². The van der Waals surface area contributed by atoms with Gasteiger partial charge in [-0.25, -0.2) is 9.97 Å². The van der Waals surface area contributed by atoms with Gasteiger partial charge in [0.1, 0.15) is 23.1 Å². The number of rotatable bonds is 5. The molecule has 10 heteroatoms. The van der Waals surface area contributed by atoms with Gasteiger partial charge in [-0.15, -0.1) is 0 Å². The standard InChI is InChI=1S/C23H22F3N5O2/c1-33-15-5-2-4-14(12-15)18-13-31(11-10-28-18)19-8-7-17(23(24,25)26)20(30-19)21(32)16-6-3-9-29-22(16)27/h2-9,12,18,28H,10-11,13H2,1H3,(H2,27,29). The lowest BCUT2D eigenvalue weighted by Crippen LogP contribution is -2.46. The minimum Gasteiger partial charge on any atom is -0.497 e. The minimum absolute atomic E-state index is 0.0916. The van der Waals surface area contributed by atoms with Gasteiger partial charge in [0.05, 0.1) is 24.3 Å². The number of halogens is 3. The molecule has 0 aliphatic carbocycles. The van der Waals surface area contributed by atoms with Crippen LogP contribution in [-0.4, -0.2) is 42.5 Å². The van der Waals surface area contributed by atoms with E-state index in [2.05, 4.69) is 15.3 Å². The second-order valence-corrected chi connectivity index (χ2v) is 7.56. The first-order chi connectivity index (χ1) is 15.8. The molecule has 1 fully saturated rings. The maximum atomic E-state index is 13.7. The number of nitrogens with zero attached hydrogens (tertiary/aromatic N) is 3. The Morgan fingerprint density at radius 1 is 1.21 bits per heavy atom. The molecule has 33 heavy (non-hydrogen) atoms. The molecule has 1 unspecified atom stereocenters. The number of carbonyl (C=O) groups is 1. The van der Waals surface area contributed by atoms with Gasteiger partial charge in [0.2, 0.25) is 5.78 Å². The van der Waals surface area contributed by atoms with E-state index in [1.54, 1.807) is 7.11 Å². The second-order valence-electron chi connectivity index (χ2n) is 7.56. The molecule has 1 saturated heterocycles. The Morgan fingerprint density at radius 3 is 2.76 bits per heavy atom. The van der Waals surface area contributed by atoms with Crippen molar-refractivity contribution in [2.75, 3.05) is 37.4 Å². The van der Waals surface area contributed by atoms with Gasteiger partial charge in [0.25, 0.3) is 0 Å². The number of hydrogen-bond acceptors (Lipinski definition) is 7. The van der Waals surface area contributed by atoms with E-state index in [1.807, 2.05) is 29.2 Å². The van der Waals surface area contributed by atoms with Crippen LogP contribution in [0.2, 0.25) is 0 Å². The van der Waals surface area contributed by atoms with E-state index >= 15 is 0 Å². The third kappa shape index (κ3) is 4.75. The normalized spacial score (nSPS) is 16.5. The number of pyridine rings is 2. The molecule has 3 heterocycles. The van der Waals surface area contributed by atoms with Crippen molar-refractivity contribution in [1.82, 2.24) is 15.3 Å². The van der Waals surface area contributed by atoms with Gasteiger partial charge in [-0.05, 0) is 42.0 Å². The fourth-order valence-electron chi connectivity index (χ4n) is 3.80. The summed E-state index contributed by atoms with van der Waals surface area (Å²) in [6, 6.07) is 12.4. The molecule has 0 radical (unpaired) electrons. The number of nitrogens with one attached hydrogen (secondary N) is 1. The van der Waals surface area contributed by atoms with E-state index in [0.29, 0.717) is 25.4 Å². The van der Waals surface area contributed by atoms with Crippen LogP contribution in [-0.2, 0) is 6.18 Å². The van der Waals surface area contributed by atoms with Crippen LogP contribution in [0.1, 0.15) is 33.2 Å². The summed E-state index contributed by atoms with van der Waals surface area (Å²) in [7, 11) is 1.58. The highest BCUT2D eigenvalue weighted by atomic mass is 19.4. The summed E-state index contributed by atoms with van der Waals surface area (Å²) in [5, 5.41) is 3.40. The first-order valence-corrected chi connectivity index (χ1v) is 10.2. The number of alkyl halides is 3. The summed E-state index contributed by atoms with van der Waals surface area (Å²) in [5.41, 5.74) is 4.78. The van der Waals surface area contributed by atoms with Crippen LogP contribution in [0.3, 0.4) is 0 Å². The molecule has 1 atom stereocenters. The quantitative estimate of drug-likeness (QED) is 0.567. The van der Waals surface area contributed by atoms with Crippen molar-refractivity contribution in [3.05, 3.63) is 77.1 Å². The summed E-state index contributed by atoms with van der Waals surface area (Å²) in [6.07, 6.45) is -3.39. The van der Waals surface area contributed by atoms with Crippen LogP contribution in [0.4, 0.5) is 24.8 Å². The molecular formula is C23H22F3N5O2. The largest absolute Gasteiger partial charge is 0.497 e. The summed E-state index contributed by atoms with van der Waals surface area (Å²) in [5.74, 6) is -0.0819. The van der Waals surface area contributed by atoms with E-state index < -0.39 is 23.2 Å². The number of ketones is 1. The molecule has 1 aliphatic heterocycles. The first-order valence-electron chi connectivity index (χ1n) is 10.2. The number of carbonyl (C=O) groups excluding carboxylic acids is 1. The molecule has 0 spiro atoms. The minimum atomic E-state index is -4.75. The molecule has 1 aromatic carbocycles. The van der Waals surface area contributed by atoms with Crippen molar-refractivity contribution in [2.24, 2.45) is 0 Å². The Kier molecular flexibility index (Phi) is 6.19. The van der Waals surface area contributed by atoms with Crippen LogP contribution >= 0.6 is 0 Å². The highest BCUT2D eigenvalue weighted by Crippen LogP contribution is 2.34. The number of hydrogen-bond donors (Lipinski definition) is 2. The fraction of sp³-hybridized carbons (Fsp3) is 0.261. The SMILES string of the molecule is COc1cccc(C2CN(c3ccc(C(F)(F)F)c(C(=O)c4cccnc4N)n3)CCN2)c1. The smallest absolute Gasteiger partial charge is 0.418 e. The summed E-state index contributed by atoms with van der Waals surface area (Å²) >= 11 is 0. The number of methoxy groups -OCH3 is 1. The van der Waals surface area contributed by atoms with Gasteiger partial charge >= 0.3 is 6.18 Å². The average molecular weight is 457 g/mol. The van der Waals surface area contributed by atoms with Crippen LogP contribution < -0.4 is 20.7 Å². The molecule has 2 aromatic heterocycles. The van der Waals surface area contributed by atoms with E-state index in [1.165, 1.54) is 24.4 Å². The molecule has 172 valence electrons. The molecule has 3 N–H and O–H groups in total. The topological polar surface area (TPSA) is 93.4 Å². The lowest BCUT2D eigenvalue weighted by Gasteiger charge is -2.35. The van der Waals surface area contributed by atoms with Crippen LogP contribution in [0.5, 0.6) is 5.75 Å². The van der Waals surface area contributed by atoms with Gasteiger partial charge in [0, 0.05) is 25.8 Å². The lowest BCUT2D eigenvalue weighted by molar-refractivity contribution is -0.138. The fourth-order valence-corrected chi connectivity index (χ4v) is 3.80. The van der Waals surface area contributed by atoms with E-state index in [0.717, 1.165) is 11.6 Å². The number of ether oxygens (including phenoxy) is 1. The number of nitrogens with two attached hydrogens (primary N) is 1. The summed E-state index contributed by atoms with van der Waals surface area (Å²) < 4.78 is 46.3. The molecule has 0 saturated carbocycles. The van der Waals surface area contributed by atoms with Crippen molar-refractivity contribution in [2.45, 2.75) is 12.2 Å². The van der Waals surface area contributed by atoms with Crippen molar-refractivity contribution in [1.29, 1.82) is 0 Å². The third-order valence-corrected chi connectivity index (χ3v) is 5.48. The third-order valence-electron chi connectivity index (χ3n) is 5.48. The molecule has 3 aromatic rings. The Bertz CT molecular complexity index is 1170. The van der Waals surface area contributed by atoms with Crippen molar-refractivity contribution in [3.8, 4) is 5.75 Å². The van der Waals surface area contributed by atoms with E-state index in [-0.39, 0.29) is 23.2 Å². The number of aromatic nitrogens is 2. The predicted octanol–water partition coefficient (Wildman–Crippen LogP) is 3.47.